The number of hydrogen-bond donors (Lipinski definition) is 3. The Morgan fingerprint density at radius 1 is 0.939 bits per heavy atom. The van der Waals surface area contributed by atoms with E-state index in [1.165, 1.54) is 24.3 Å². The summed E-state index contributed by atoms with van der Waals surface area (Å²) in [5, 5.41) is 28.7. The molecule has 0 radical (unpaired) electrons. The predicted molar refractivity (Wildman–Crippen MR) is 127 cm³/mol. The lowest BCUT2D eigenvalue weighted by Crippen LogP contribution is -2.13. The van der Waals surface area contributed by atoms with Gasteiger partial charge in [-0.1, -0.05) is 42.5 Å². The highest BCUT2D eigenvalue weighted by Crippen LogP contribution is 2.40. The Hall–Kier alpha value is -4.59. The highest BCUT2D eigenvalue weighted by molar-refractivity contribution is 6.11. The molecule has 4 rings (SSSR count). The van der Waals surface area contributed by atoms with E-state index < -0.39 is 10.8 Å². The fourth-order valence-electron chi connectivity index (χ4n) is 3.52. The first-order chi connectivity index (χ1) is 15.9. The number of phenolic OH excluding ortho intramolecular Hbond substituents is 1. The number of carbonyl (C=O) groups excluding carboxylic acids is 1. The van der Waals surface area contributed by atoms with Crippen LogP contribution in [-0.2, 0) is 0 Å². The Morgan fingerprint density at radius 2 is 1.64 bits per heavy atom. The van der Waals surface area contributed by atoms with Crippen molar-refractivity contribution in [2.45, 2.75) is 6.92 Å². The number of ether oxygens (including phenoxy) is 1. The Labute approximate surface area is 189 Å². The van der Waals surface area contributed by atoms with Crippen molar-refractivity contribution < 1.29 is 19.6 Å². The number of nitro groups is 1. The molecule has 4 aromatic rings. The molecule has 0 spiro atoms. The number of fused-ring (bicyclic) bond motifs is 1. The molecule has 166 valence electrons. The van der Waals surface area contributed by atoms with Crippen LogP contribution in [0.3, 0.4) is 0 Å². The van der Waals surface area contributed by atoms with Gasteiger partial charge in [0.15, 0.2) is 5.75 Å². The van der Waals surface area contributed by atoms with Crippen LogP contribution in [0.15, 0.2) is 72.8 Å². The molecule has 0 aromatic heterocycles. The molecule has 0 bridgehead atoms. The number of non-ortho nitro benzene ring substituents is 1. The quantitative estimate of drug-likeness (QED) is 0.254. The van der Waals surface area contributed by atoms with Crippen LogP contribution < -0.4 is 15.4 Å². The molecule has 1 amide bonds. The summed E-state index contributed by atoms with van der Waals surface area (Å²) >= 11 is 0. The highest BCUT2D eigenvalue weighted by Gasteiger charge is 2.20. The number of amides is 1. The zero-order valence-electron chi connectivity index (χ0n) is 18.0. The maximum atomic E-state index is 13.1. The van der Waals surface area contributed by atoms with E-state index in [1.807, 2.05) is 25.1 Å². The topological polar surface area (TPSA) is 114 Å². The molecule has 8 nitrogen and oxygen atoms in total. The van der Waals surface area contributed by atoms with Crippen molar-refractivity contribution in [3.8, 4) is 17.2 Å². The number of anilines is 2. The van der Waals surface area contributed by atoms with Crippen molar-refractivity contribution >= 4 is 33.7 Å². The van der Waals surface area contributed by atoms with E-state index in [-0.39, 0.29) is 17.0 Å². The average Bonchev–Trinajstić information content (AvgIpc) is 2.82. The zero-order chi connectivity index (χ0) is 23.5. The monoisotopic (exact) mass is 443 g/mol. The van der Waals surface area contributed by atoms with E-state index in [0.717, 1.165) is 5.56 Å². The van der Waals surface area contributed by atoms with Gasteiger partial charge in [0, 0.05) is 35.6 Å². The summed E-state index contributed by atoms with van der Waals surface area (Å²) in [6, 6.07) is 20.0. The maximum Gasteiger partial charge on any atom is 0.271 e. The predicted octanol–water partition coefficient (Wildman–Crippen LogP) is 5.85. The lowest BCUT2D eigenvalue weighted by molar-refractivity contribution is -0.384. The van der Waals surface area contributed by atoms with Gasteiger partial charge in [0.2, 0.25) is 0 Å². The number of carbonyl (C=O) groups is 1. The van der Waals surface area contributed by atoms with Crippen LogP contribution in [0.25, 0.3) is 10.8 Å². The molecule has 0 fully saturated rings. The maximum absolute atomic E-state index is 13.1. The number of rotatable bonds is 6. The van der Waals surface area contributed by atoms with E-state index in [1.54, 1.807) is 37.4 Å². The molecular weight excluding hydrogens is 422 g/mol. The molecule has 4 aromatic carbocycles. The molecule has 0 saturated carbocycles. The fraction of sp³-hybridized carbons (Fsp3) is 0.0800. The number of nitro benzene ring substituents is 1. The lowest BCUT2D eigenvalue weighted by atomic mass is 10.0. The van der Waals surface area contributed by atoms with Crippen LogP contribution in [-0.4, -0.2) is 23.0 Å². The second kappa shape index (κ2) is 8.88. The second-order valence-corrected chi connectivity index (χ2v) is 7.38. The van der Waals surface area contributed by atoms with Gasteiger partial charge >= 0.3 is 0 Å². The van der Waals surface area contributed by atoms with Gasteiger partial charge in [-0.05, 0) is 30.7 Å². The number of hydrogen-bond acceptors (Lipinski definition) is 6. The summed E-state index contributed by atoms with van der Waals surface area (Å²) in [6.45, 7) is 1.87. The first-order valence-corrected chi connectivity index (χ1v) is 10.1. The Morgan fingerprint density at radius 3 is 2.33 bits per heavy atom. The third-order valence-corrected chi connectivity index (χ3v) is 5.28. The summed E-state index contributed by atoms with van der Waals surface area (Å²) in [7, 11) is 1.63. The van der Waals surface area contributed by atoms with Gasteiger partial charge in [0.05, 0.1) is 16.2 Å². The minimum absolute atomic E-state index is 0.0415. The van der Waals surface area contributed by atoms with Gasteiger partial charge in [-0.3, -0.25) is 14.9 Å². The van der Waals surface area contributed by atoms with Crippen LogP contribution in [0, 0.1) is 17.0 Å². The first kappa shape index (κ1) is 21.6. The van der Waals surface area contributed by atoms with Crippen LogP contribution >= 0.6 is 0 Å². The van der Waals surface area contributed by atoms with Gasteiger partial charge < -0.3 is 20.5 Å². The number of nitrogens with one attached hydrogen (secondary N) is 2. The molecule has 8 heteroatoms. The van der Waals surface area contributed by atoms with Crippen molar-refractivity contribution in [2.24, 2.45) is 0 Å². The minimum Gasteiger partial charge on any atom is -0.506 e. The Bertz CT molecular complexity index is 1380. The minimum atomic E-state index is -0.491. The van der Waals surface area contributed by atoms with E-state index >= 15 is 0 Å². The SMILES string of the molecule is CNc1cc([N+](=O)[O-])ccc1Oc1cc(C(=O)Nc2ccccc2C)c(O)c2ccccc12. The molecule has 0 aliphatic rings. The second-order valence-electron chi connectivity index (χ2n) is 7.38. The van der Waals surface area contributed by atoms with Crippen molar-refractivity contribution in [1.82, 2.24) is 0 Å². The first-order valence-electron chi connectivity index (χ1n) is 10.1. The highest BCUT2D eigenvalue weighted by atomic mass is 16.6. The molecule has 0 atom stereocenters. The third kappa shape index (κ3) is 4.27. The van der Waals surface area contributed by atoms with Crippen LogP contribution in [0.2, 0.25) is 0 Å². The van der Waals surface area contributed by atoms with Crippen molar-refractivity contribution in [2.75, 3.05) is 17.7 Å². The van der Waals surface area contributed by atoms with E-state index in [9.17, 15) is 20.0 Å². The van der Waals surface area contributed by atoms with Crippen LogP contribution in [0.1, 0.15) is 15.9 Å². The summed E-state index contributed by atoms with van der Waals surface area (Å²) in [5.41, 5.74) is 1.88. The number of aryl methyl sites for hydroxylation is 1. The van der Waals surface area contributed by atoms with Gasteiger partial charge in [-0.15, -0.1) is 0 Å². The smallest absolute Gasteiger partial charge is 0.271 e. The molecule has 0 heterocycles. The fourth-order valence-corrected chi connectivity index (χ4v) is 3.52. The average molecular weight is 443 g/mol. The molecule has 3 N–H and O–H groups in total. The van der Waals surface area contributed by atoms with E-state index in [4.69, 9.17) is 4.74 Å². The number of benzene rings is 4. The molecule has 0 aliphatic heterocycles. The number of nitrogens with zero attached hydrogens (tertiary/aromatic N) is 1. The van der Waals surface area contributed by atoms with Crippen molar-refractivity contribution in [1.29, 1.82) is 0 Å². The summed E-state index contributed by atoms with van der Waals surface area (Å²) in [4.78, 5) is 23.7. The van der Waals surface area contributed by atoms with E-state index in [0.29, 0.717) is 33.6 Å². The lowest BCUT2D eigenvalue weighted by Gasteiger charge is -2.16. The zero-order valence-corrected chi connectivity index (χ0v) is 18.0. The molecule has 0 unspecified atom stereocenters. The Kier molecular flexibility index (Phi) is 5.82. The molecular formula is C25H21N3O5. The van der Waals surface area contributed by atoms with Gasteiger partial charge in [0.25, 0.3) is 11.6 Å². The van der Waals surface area contributed by atoms with Gasteiger partial charge in [0.1, 0.15) is 11.5 Å². The van der Waals surface area contributed by atoms with Gasteiger partial charge in [-0.25, -0.2) is 0 Å². The number of aromatic hydroxyl groups is 1. The molecule has 33 heavy (non-hydrogen) atoms. The normalized spacial score (nSPS) is 10.6. The van der Waals surface area contributed by atoms with Crippen molar-refractivity contribution in [3.05, 3.63) is 94.0 Å². The Balaban J connectivity index is 1.79. The third-order valence-electron chi connectivity index (χ3n) is 5.28. The number of phenols is 1. The largest absolute Gasteiger partial charge is 0.506 e. The van der Waals surface area contributed by atoms with Crippen LogP contribution in [0.4, 0.5) is 17.1 Å². The summed E-state index contributed by atoms with van der Waals surface area (Å²) < 4.78 is 6.09. The van der Waals surface area contributed by atoms with E-state index in [2.05, 4.69) is 10.6 Å². The van der Waals surface area contributed by atoms with Crippen LogP contribution in [0.5, 0.6) is 17.2 Å². The summed E-state index contributed by atoms with van der Waals surface area (Å²) in [6.07, 6.45) is 0. The number of para-hydroxylation sites is 1. The van der Waals surface area contributed by atoms with Gasteiger partial charge in [-0.2, -0.15) is 0 Å². The van der Waals surface area contributed by atoms with Crippen molar-refractivity contribution in [3.63, 3.8) is 0 Å². The molecule has 0 saturated heterocycles. The summed E-state index contributed by atoms with van der Waals surface area (Å²) in [5.74, 6) is 0.00408. The standard InChI is InChI=1S/C25H21N3O5/c1-15-7-3-6-10-20(15)27-25(30)19-14-23(17-8-4-5-9-18(17)24(19)29)33-22-12-11-16(28(31)32)13-21(22)26-2/h3-14,26,29H,1-2H3,(H,27,30). The molecule has 0 aliphatic carbocycles.